The summed E-state index contributed by atoms with van der Waals surface area (Å²) in [5, 5.41) is 17.2. The Bertz CT molecular complexity index is 928. The zero-order chi connectivity index (χ0) is 22.3. The molecule has 0 bridgehead atoms. The maximum absolute atomic E-state index is 11.7. The highest BCUT2D eigenvalue weighted by molar-refractivity contribution is 7.18. The highest BCUT2D eigenvalue weighted by atomic mass is 35.5. The number of amides is 2. The van der Waals surface area contributed by atoms with E-state index >= 15 is 0 Å². The average molecular weight is 469 g/mol. The lowest BCUT2D eigenvalue weighted by Gasteiger charge is -2.21. The number of nitrogens with one attached hydrogen (secondary N) is 1. The van der Waals surface area contributed by atoms with Gasteiger partial charge in [0.1, 0.15) is 12.2 Å². The molecular weight excluding hydrogens is 440 g/mol. The molecule has 1 heterocycles. The van der Waals surface area contributed by atoms with Gasteiger partial charge in [-0.25, -0.2) is 0 Å². The van der Waals surface area contributed by atoms with Crippen LogP contribution in [-0.4, -0.2) is 44.1 Å². The van der Waals surface area contributed by atoms with Crippen molar-refractivity contribution in [1.29, 1.82) is 0 Å². The van der Waals surface area contributed by atoms with Crippen molar-refractivity contribution in [2.75, 3.05) is 42.3 Å². The number of nitrogens with two attached hydrogens (primary N) is 1. The number of primary amides is 1. The Morgan fingerprint density at radius 2 is 1.90 bits per heavy atom. The SMILES string of the molecule is CCN(CC)c1ccc(N=Nc2sc(N(C)C)n[n+]2CCC(N)=O)c(NC(C)=O)c1.[Cl-]. The number of hydrogen-bond acceptors (Lipinski definition) is 8. The molecule has 0 aliphatic rings. The van der Waals surface area contributed by atoms with Gasteiger partial charge in [0.05, 0.1) is 17.2 Å². The predicted octanol–water partition coefficient (Wildman–Crippen LogP) is -0.404. The van der Waals surface area contributed by atoms with Gasteiger partial charge in [-0.2, -0.15) is 0 Å². The highest BCUT2D eigenvalue weighted by Crippen LogP contribution is 2.32. The molecule has 12 heteroatoms. The van der Waals surface area contributed by atoms with Crippen molar-refractivity contribution >= 4 is 50.5 Å². The summed E-state index contributed by atoms with van der Waals surface area (Å²) in [6.07, 6.45) is 0.152. The molecule has 0 radical (unpaired) electrons. The zero-order valence-corrected chi connectivity index (χ0v) is 20.0. The van der Waals surface area contributed by atoms with Gasteiger partial charge in [0.25, 0.3) is 0 Å². The molecule has 1 aromatic heterocycles. The monoisotopic (exact) mass is 468 g/mol. The Balaban J connectivity index is 0.00000480. The summed E-state index contributed by atoms with van der Waals surface area (Å²) < 4.78 is 1.61. The van der Waals surface area contributed by atoms with Crippen LogP contribution in [0.5, 0.6) is 0 Å². The van der Waals surface area contributed by atoms with E-state index in [0.29, 0.717) is 23.1 Å². The summed E-state index contributed by atoms with van der Waals surface area (Å²) >= 11 is 1.34. The second-order valence-electron chi connectivity index (χ2n) is 6.76. The maximum atomic E-state index is 11.7. The van der Waals surface area contributed by atoms with Crippen LogP contribution in [0.1, 0.15) is 27.2 Å². The first kappa shape index (κ1) is 26.2. The molecule has 10 nitrogen and oxygen atoms in total. The number of benzene rings is 1. The smallest absolute Gasteiger partial charge is 0.432 e. The lowest BCUT2D eigenvalue weighted by atomic mass is 10.2. The van der Waals surface area contributed by atoms with Gasteiger partial charge in [0.15, 0.2) is 0 Å². The number of rotatable bonds is 10. The van der Waals surface area contributed by atoms with Crippen LogP contribution in [0.25, 0.3) is 0 Å². The van der Waals surface area contributed by atoms with Gasteiger partial charge in [0.2, 0.25) is 16.9 Å². The van der Waals surface area contributed by atoms with Gasteiger partial charge in [-0.05, 0) is 48.5 Å². The lowest BCUT2D eigenvalue weighted by molar-refractivity contribution is -0.735. The van der Waals surface area contributed by atoms with E-state index < -0.39 is 5.91 Å². The quantitative estimate of drug-likeness (QED) is 0.363. The van der Waals surface area contributed by atoms with Gasteiger partial charge < -0.3 is 33.3 Å². The summed E-state index contributed by atoms with van der Waals surface area (Å²) in [7, 11) is 3.75. The van der Waals surface area contributed by atoms with Crippen molar-refractivity contribution in [3.05, 3.63) is 18.2 Å². The lowest BCUT2D eigenvalue weighted by Crippen LogP contribution is -3.00. The average Bonchev–Trinajstić information content (AvgIpc) is 3.09. The minimum absolute atomic E-state index is 0. The largest absolute Gasteiger partial charge is 1.00 e. The second kappa shape index (κ2) is 12.2. The van der Waals surface area contributed by atoms with Crippen LogP contribution in [0.2, 0.25) is 0 Å². The molecule has 2 aromatic rings. The summed E-state index contributed by atoms with van der Waals surface area (Å²) in [6.45, 7) is 7.62. The standard InChI is InChI=1S/C19H28N8O2S.ClH/c1-6-26(7-2)14-8-9-15(16(12-14)21-13(3)28)22-23-18-27(11-10-17(20)29)24-19(30-18)25(4)5;/h8-9,12H,6-7,10-11H2,1-5H3,(H2,20,29);1H. The summed E-state index contributed by atoms with van der Waals surface area (Å²) in [5.41, 5.74) is 7.37. The first-order valence-electron chi connectivity index (χ1n) is 9.70. The van der Waals surface area contributed by atoms with E-state index in [0.717, 1.165) is 23.9 Å². The molecule has 3 N–H and O–H groups in total. The van der Waals surface area contributed by atoms with Crippen LogP contribution >= 0.6 is 11.3 Å². The Labute approximate surface area is 192 Å². The van der Waals surface area contributed by atoms with E-state index in [-0.39, 0.29) is 24.7 Å². The molecule has 0 unspecified atom stereocenters. The van der Waals surface area contributed by atoms with Crippen LogP contribution in [0.3, 0.4) is 0 Å². The van der Waals surface area contributed by atoms with Gasteiger partial charge in [-0.3, -0.25) is 9.59 Å². The molecule has 0 atom stereocenters. The number of nitrogens with zero attached hydrogens (tertiary/aromatic N) is 6. The van der Waals surface area contributed by atoms with Gasteiger partial charge in [-0.15, -0.1) is 4.68 Å². The van der Waals surface area contributed by atoms with Crippen LogP contribution in [0.15, 0.2) is 28.4 Å². The van der Waals surface area contributed by atoms with Crippen molar-refractivity contribution in [2.24, 2.45) is 16.0 Å². The van der Waals surface area contributed by atoms with Crippen molar-refractivity contribution in [3.8, 4) is 0 Å². The number of hydrogen-bond donors (Lipinski definition) is 2. The van der Waals surface area contributed by atoms with Crippen molar-refractivity contribution in [3.63, 3.8) is 0 Å². The maximum Gasteiger partial charge on any atom is 0.432 e. The molecule has 170 valence electrons. The Kier molecular flexibility index (Phi) is 10.3. The molecule has 0 saturated carbocycles. The molecule has 0 fully saturated rings. The van der Waals surface area contributed by atoms with E-state index in [1.807, 2.05) is 37.2 Å². The number of carbonyl (C=O) groups is 2. The molecule has 2 rings (SSSR count). The molecule has 2 amide bonds. The third-order valence-corrected chi connectivity index (χ3v) is 5.33. The summed E-state index contributed by atoms with van der Waals surface area (Å²) in [6, 6.07) is 5.66. The minimum atomic E-state index is -0.412. The minimum Gasteiger partial charge on any atom is -1.00 e. The van der Waals surface area contributed by atoms with Crippen molar-refractivity contribution in [2.45, 2.75) is 33.7 Å². The van der Waals surface area contributed by atoms with Crippen molar-refractivity contribution in [1.82, 2.24) is 5.10 Å². The number of anilines is 3. The normalized spacial score (nSPS) is 10.6. The number of aromatic nitrogens is 2. The fourth-order valence-corrected chi connectivity index (χ4v) is 3.50. The molecule has 0 aliphatic heterocycles. The van der Waals surface area contributed by atoms with Crippen molar-refractivity contribution < 1.29 is 26.7 Å². The molecule has 0 saturated heterocycles. The Morgan fingerprint density at radius 3 is 2.45 bits per heavy atom. The van der Waals surface area contributed by atoms with E-state index in [2.05, 4.69) is 39.4 Å². The Morgan fingerprint density at radius 1 is 1.23 bits per heavy atom. The fourth-order valence-electron chi connectivity index (χ4n) is 2.70. The molecular formula is C19H29ClN8O2S. The number of azo groups is 1. The summed E-state index contributed by atoms with van der Waals surface area (Å²) in [4.78, 5) is 26.9. The highest BCUT2D eigenvalue weighted by Gasteiger charge is 2.21. The topological polar surface area (TPSA) is 120 Å². The van der Waals surface area contributed by atoms with E-state index in [4.69, 9.17) is 5.73 Å². The van der Waals surface area contributed by atoms with Crippen LogP contribution in [0.4, 0.5) is 27.3 Å². The first-order valence-corrected chi connectivity index (χ1v) is 10.5. The van der Waals surface area contributed by atoms with Crippen LogP contribution < -0.4 is 37.9 Å². The first-order chi connectivity index (χ1) is 14.2. The summed E-state index contributed by atoms with van der Waals surface area (Å²) in [5.74, 6) is -0.600. The molecule has 0 spiro atoms. The van der Waals surface area contributed by atoms with Gasteiger partial charge >= 0.3 is 5.13 Å². The molecule has 1 aromatic carbocycles. The van der Waals surface area contributed by atoms with Crippen LogP contribution in [0, 0.1) is 0 Å². The Hall–Kier alpha value is -2.79. The zero-order valence-electron chi connectivity index (χ0n) is 18.4. The predicted molar refractivity (Wildman–Crippen MR) is 119 cm³/mol. The molecule has 31 heavy (non-hydrogen) atoms. The molecule has 0 aliphatic carbocycles. The van der Waals surface area contributed by atoms with Gasteiger partial charge in [-0.1, -0.05) is 5.10 Å². The second-order valence-corrected chi connectivity index (χ2v) is 7.69. The number of aryl methyl sites for hydroxylation is 1. The number of halogens is 1. The van der Waals surface area contributed by atoms with Crippen LogP contribution in [-0.2, 0) is 16.1 Å². The van der Waals surface area contributed by atoms with E-state index in [9.17, 15) is 9.59 Å². The third kappa shape index (κ3) is 7.44. The fraction of sp³-hybridized carbons (Fsp3) is 0.474. The van der Waals surface area contributed by atoms with Gasteiger partial charge in [0, 0.05) is 39.8 Å². The number of carbonyl (C=O) groups excluding carboxylic acids is 2. The van der Waals surface area contributed by atoms with E-state index in [1.165, 1.54) is 18.3 Å². The van der Waals surface area contributed by atoms with E-state index in [1.54, 1.807) is 4.68 Å². The third-order valence-electron chi connectivity index (χ3n) is 4.22.